The molecule has 0 radical (unpaired) electrons. The molecule has 1 saturated carbocycles. The van der Waals surface area contributed by atoms with Crippen molar-refractivity contribution in [2.24, 2.45) is 17.6 Å². The molecule has 0 spiro atoms. The summed E-state index contributed by atoms with van der Waals surface area (Å²) in [5, 5.41) is 0. The Morgan fingerprint density at radius 2 is 2.33 bits per heavy atom. The lowest BCUT2D eigenvalue weighted by Gasteiger charge is -2.19. The molecule has 0 saturated heterocycles. The summed E-state index contributed by atoms with van der Waals surface area (Å²) in [6.45, 7) is 2.23. The third kappa shape index (κ3) is 2.17. The molecule has 3 unspecified atom stereocenters. The van der Waals surface area contributed by atoms with Crippen molar-refractivity contribution in [1.29, 1.82) is 0 Å². The van der Waals surface area contributed by atoms with E-state index in [0.717, 1.165) is 18.8 Å². The van der Waals surface area contributed by atoms with Crippen LogP contribution in [0.5, 0.6) is 0 Å². The molecular weight excluding hydrogens is 191 g/mol. The van der Waals surface area contributed by atoms with Crippen molar-refractivity contribution in [3.05, 3.63) is 29.8 Å². The summed E-state index contributed by atoms with van der Waals surface area (Å²) in [6.07, 6.45) is 6.29. The summed E-state index contributed by atoms with van der Waals surface area (Å²) in [6, 6.07) is 1.53. The molecule has 1 fully saturated rings. The Bertz CT molecular complexity index is 340. The quantitative estimate of drug-likeness (QED) is 0.811. The fourth-order valence-electron chi connectivity index (χ4n) is 2.49. The van der Waals surface area contributed by atoms with Gasteiger partial charge in [-0.1, -0.05) is 13.3 Å². The Labute approximate surface area is 89.7 Å². The second-order valence-corrected chi connectivity index (χ2v) is 4.60. The van der Waals surface area contributed by atoms with E-state index in [-0.39, 0.29) is 11.9 Å². The topological polar surface area (TPSA) is 38.9 Å². The zero-order chi connectivity index (χ0) is 10.8. The van der Waals surface area contributed by atoms with E-state index < -0.39 is 0 Å². The van der Waals surface area contributed by atoms with Gasteiger partial charge in [0.15, 0.2) is 0 Å². The van der Waals surface area contributed by atoms with Crippen LogP contribution in [0.25, 0.3) is 0 Å². The average molecular weight is 208 g/mol. The van der Waals surface area contributed by atoms with Crippen molar-refractivity contribution in [2.75, 3.05) is 0 Å². The van der Waals surface area contributed by atoms with E-state index in [1.54, 1.807) is 12.3 Å². The fourth-order valence-corrected chi connectivity index (χ4v) is 2.49. The standard InChI is InChI=1S/C12H17FN2/c1-8-2-3-9(6-8)12(14)10-4-5-15-7-11(10)13/h4-5,7-9,12H,2-3,6,14H2,1H3. The highest BCUT2D eigenvalue weighted by Crippen LogP contribution is 2.37. The Balaban J connectivity index is 2.14. The van der Waals surface area contributed by atoms with Crippen molar-refractivity contribution in [3.63, 3.8) is 0 Å². The summed E-state index contributed by atoms with van der Waals surface area (Å²) in [7, 11) is 0. The van der Waals surface area contributed by atoms with Crippen LogP contribution in [0.4, 0.5) is 4.39 Å². The van der Waals surface area contributed by atoms with E-state index in [1.165, 1.54) is 12.6 Å². The molecule has 1 aromatic rings. The van der Waals surface area contributed by atoms with Crippen LogP contribution in [0.3, 0.4) is 0 Å². The van der Waals surface area contributed by atoms with Crippen LogP contribution in [-0.4, -0.2) is 4.98 Å². The molecule has 82 valence electrons. The van der Waals surface area contributed by atoms with Gasteiger partial charge in [-0.05, 0) is 30.7 Å². The van der Waals surface area contributed by atoms with E-state index in [4.69, 9.17) is 5.73 Å². The van der Waals surface area contributed by atoms with Crippen molar-refractivity contribution in [2.45, 2.75) is 32.2 Å². The highest BCUT2D eigenvalue weighted by atomic mass is 19.1. The van der Waals surface area contributed by atoms with Gasteiger partial charge in [-0.3, -0.25) is 4.98 Å². The molecular formula is C12H17FN2. The van der Waals surface area contributed by atoms with Crippen LogP contribution < -0.4 is 5.73 Å². The predicted molar refractivity (Wildman–Crippen MR) is 57.6 cm³/mol. The molecule has 0 bridgehead atoms. The van der Waals surface area contributed by atoms with Gasteiger partial charge in [-0.2, -0.15) is 0 Å². The third-order valence-corrected chi connectivity index (χ3v) is 3.41. The maximum Gasteiger partial charge on any atom is 0.146 e. The largest absolute Gasteiger partial charge is 0.324 e. The Hall–Kier alpha value is -0.960. The first-order valence-corrected chi connectivity index (χ1v) is 5.53. The van der Waals surface area contributed by atoms with Crippen LogP contribution >= 0.6 is 0 Å². The molecule has 3 atom stereocenters. The van der Waals surface area contributed by atoms with Crippen LogP contribution in [0.15, 0.2) is 18.5 Å². The number of hydrogen-bond acceptors (Lipinski definition) is 2. The number of hydrogen-bond donors (Lipinski definition) is 1. The Morgan fingerprint density at radius 1 is 1.53 bits per heavy atom. The molecule has 2 N–H and O–H groups in total. The molecule has 0 aliphatic heterocycles. The minimum absolute atomic E-state index is 0.169. The van der Waals surface area contributed by atoms with Crippen LogP contribution in [0.1, 0.15) is 37.8 Å². The summed E-state index contributed by atoms with van der Waals surface area (Å²) >= 11 is 0. The van der Waals surface area contributed by atoms with Gasteiger partial charge in [0, 0.05) is 17.8 Å². The van der Waals surface area contributed by atoms with Gasteiger partial charge in [0.2, 0.25) is 0 Å². The Kier molecular flexibility index (Phi) is 3.00. The average Bonchev–Trinajstić information content (AvgIpc) is 2.65. The first kappa shape index (κ1) is 10.6. The van der Waals surface area contributed by atoms with Crippen LogP contribution in [0.2, 0.25) is 0 Å². The molecule has 0 amide bonds. The van der Waals surface area contributed by atoms with Gasteiger partial charge in [0.1, 0.15) is 5.82 Å². The zero-order valence-corrected chi connectivity index (χ0v) is 8.99. The minimum Gasteiger partial charge on any atom is -0.324 e. The summed E-state index contributed by atoms with van der Waals surface area (Å²) in [5.41, 5.74) is 6.71. The number of halogens is 1. The first-order valence-electron chi connectivity index (χ1n) is 5.53. The van der Waals surface area contributed by atoms with Gasteiger partial charge < -0.3 is 5.73 Å². The van der Waals surface area contributed by atoms with Gasteiger partial charge in [0.05, 0.1) is 6.20 Å². The summed E-state index contributed by atoms with van der Waals surface area (Å²) in [4.78, 5) is 3.74. The van der Waals surface area contributed by atoms with E-state index in [2.05, 4.69) is 11.9 Å². The Morgan fingerprint density at radius 3 is 2.93 bits per heavy atom. The van der Waals surface area contributed by atoms with E-state index >= 15 is 0 Å². The smallest absolute Gasteiger partial charge is 0.146 e. The molecule has 1 aromatic heterocycles. The predicted octanol–water partition coefficient (Wildman–Crippen LogP) is 2.66. The van der Waals surface area contributed by atoms with Gasteiger partial charge in [-0.15, -0.1) is 0 Å². The van der Waals surface area contributed by atoms with Crippen molar-refractivity contribution in [3.8, 4) is 0 Å². The maximum atomic E-state index is 13.4. The van der Waals surface area contributed by atoms with E-state index in [9.17, 15) is 4.39 Å². The first-order chi connectivity index (χ1) is 7.18. The lowest BCUT2D eigenvalue weighted by molar-refractivity contribution is 0.414. The molecule has 1 aliphatic carbocycles. The molecule has 1 aliphatic rings. The lowest BCUT2D eigenvalue weighted by Crippen LogP contribution is -2.20. The molecule has 3 heteroatoms. The van der Waals surface area contributed by atoms with Gasteiger partial charge in [0.25, 0.3) is 0 Å². The van der Waals surface area contributed by atoms with Gasteiger partial charge >= 0.3 is 0 Å². The van der Waals surface area contributed by atoms with E-state index in [1.807, 2.05) is 0 Å². The third-order valence-electron chi connectivity index (χ3n) is 3.41. The van der Waals surface area contributed by atoms with Gasteiger partial charge in [-0.25, -0.2) is 4.39 Å². The molecule has 1 heterocycles. The number of rotatable bonds is 2. The monoisotopic (exact) mass is 208 g/mol. The molecule has 2 rings (SSSR count). The van der Waals surface area contributed by atoms with Crippen molar-refractivity contribution < 1.29 is 4.39 Å². The minimum atomic E-state index is -0.274. The maximum absolute atomic E-state index is 13.4. The summed E-state index contributed by atoms with van der Waals surface area (Å²) in [5.74, 6) is 0.882. The molecule has 2 nitrogen and oxygen atoms in total. The van der Waals surface area contributed by atoms with Crippen molar-refractivity contribution in [1.82, 2.24) is 4.98 Å². The summed E-state index contributed by atoms with van der Waals surface area (Å²) < 4.78 is 13.4. The van der Waals surface area contributed by atoms with E-state index in [0.29, 0.717) is 11.5 Å². The highest BCUT2D eigenvalue weighted by Gasteiger charge is 2.28. The van der Waals surface area contributed by atoms with Crippen LogP contribution in [-0.2, 0) is 0 Å². The number of nitrogens with two attached hydrogens (primary N) is 1. The lowest BCUT2D eigenvalue weighted by atomic mass is 9.92. The number of aromatic nitrogens is 1. The molecule has 15 heavy (non-hydrogen) atoms. The second kappa shape index (κ2) is 4.27. The zero-order valence-electron chi connectivity index (χ0n) is 8.99. The highest BCUT2D eigenvalue weighted by molar-refractivity contribution is 5.18. The normalized spacial score (nSPS) is 27.9. The van der Waals surface area contributed by atoms with Crippen molar-refractivity contribution >= 4 is 0 Å². The number of pyridine rings is 1. The van der Waals surface area contributed by atoms with Crippen LogP contribution in [0, 0.1) is 17.7 Å². The SMILES string of the molecule is CC1CCC(C(N)c2ccncc2F)C1. The second-order valence-electron chi connectivity index (χ2n) is 4.60. The fraction of sp³-hybridized carbons (Fsp3) is 0.583. The molecule has 0 aromatic carbocycles. The number of nitrogens with zero attached hydrogens (tertiary/aromatic N) is 1.